The molecule has 0 atom stereocenters. The lowest BCUT2D eigenvalue weighted by Crippen LogP contribution is -2.51. The predicted octanol–water partition coefficient (Wildman–Crippen LogP) is 3.14. The predicted molar refractivity (Wildman–Crippen MR) is 74.2 cm³/mol. The maximum atomic E-state index is 11.2. The van der Waals surface area contributed by atoms with Gasteiger partial charge in [-0.05, 0) is 11.1 Å². The van der Waals surface area contributed by atoms with E-state index in [0.717, 1.165) is 11.1 Å². The Morgan fingerprint density at radius 2 is 1.60 bits per heavy atom. The normalized spacial score (nSPS) is 20.0. The molecular weight excluding hydrogens is 260 g/mol. The number of rotatable bonds is 3. The molecule has 0 N–H and O–H groups in total. The fourth-order valence-corrected chi connectivity index (χ4v) is 2.89. The van der Waals surface area contributed by atoms with Crippen LogP contribution in [0.3, 0.4) is 0 Å². The van der Waals surface area contributed by atoms with Crippen molar-refractivity contribution >= 4 is 5.57 Å². The Labute approximate surface area is 116 Å². The highest BCUT2D eigenvalue weighted by Gasteiger charge is 2.60. The summed E-state index contributed by atoms with van der Waals surface area (Å²) in [5.41, 5.74) is -0.850. The topological polar surface area (TPSA) is 86.3 Å². The van der Waals surface area contributed by atoms with Crippen LogP contribution in [0.4, 0.5) is 0 Å². The molecule has 0 bridgehead atoms. The monoisotopic (exact) mass is 276 g/mol. The molecule has 0 heterocycles. The molecule has 0 fully saturated rings. The highest BCUT2D eigenvalue weighted by molar-refractivity contribution is 5.70. The van der Waals surface area contributed by atoms with Gasteiger partial charge in [-0.15, -0.1) is 0 Å². The van der Waals surface area contributed by atoms with Crippen LogP contribution >= 0.6 is 0 Å². The average molecular weight is 276 g/mol. The third-order valence-electron chi connectivity index (χ3n) is 3.85. The quantitative estimate of drug-likeness (QED) is 0.482. The zero-order valence-electron chi connectivity index (χ0n) is 11.4. The summed E-state index contributed by atoms with van der Waals surface area (Å²) in [7, 11) is 0. The van der Waals surface area contributed by atoms with Crippen LogP contribution in [0.5, 0.6) is 0 Å². The number of nitro groups is 2. The molecule has 0 radical (unpaired) electrons. The molecule has 0 unspecified atom stereocenters. The molecule has 0 amide bonds. The second kappa shape index (κ2) is 4.70. The summed E-state index contributed by atoms with van der Waals surface area (Å²) < 4.78 is 0. The van der Waals surface area contributed by atoms with E-state index in [0.29, 0.717) is 0 Å². The van der Waals surface area contributed by atoms with Gasteiger partial charge in [0.05, 0.1) is 16.3 Å². The smallest absolute Gasteiger partial charge is 0.258 e. The first-order valence-electron chi connectivity index (χ1n) is 6.35. The van der Waals surface area contributed by atoms with Crippen LogP contribution in [0.1, 0.15) is 32.3 Å². The van der Waals surface area contributed by atoms with Crippen molar-refractivity contribution in [1.29, 1.82) is 0 Å². The van der Waals surface area contributed by atoms with Crippen LogP contribution in [0.25, 0.3) is 5.57 Å². The molecule has 0 aliphatic heterocycles. The van der Waals surface area contributed by atoms with Crippen LogP contribution < -0.4 is 0 Å². The van der Waals surface area contributed by atoms with E-state index in [2.05, 4.69) is 0 Å². The maximum Gasteiger partial charge on any atom is 0.462 e. The van der Waals surface area contributed by atoms with Gasteiger partial charge in [-0.1, -0.05) is 50.3 Å². The van der Waals surface area contributed by atoms with Crippen molar-refractivity contribution in [2.24, 2.45) is 5.41 Å². The van der Waals surface area contributed by atoms with Crippen molar-refractivity contribution in [1.82, 2.24) is 0 Å². The fourth-order valence-electron chi connectivity index (χ4n) is 2.89. The molecule has 0 saturated carbocycles. The lowest BCUT2D eigenvalue weighted by Gasteiger charge is -2.34. The molecule has 0 aromatic heterocycles. The summed E-state index contributed by atoms with van der Waals surface area (Å²) in [6.45, 7) is 3.62. The summed E-state index contributed by atoms with van der Waals surface area (Å²) in [5, 5.41) is 22.4. The number of benzene rings is 1. The van der Waals surface area contributed by atoms with E-state index in [-0.39, 0.29) is 12.8 Å². The molecule has 2 rings (SSSR count). The number of nitrogens with zero attached hydrogens (tertiary/aromatic N) is 2. The first kappa shape index (κ1) is 14.2. The Morgan fingerprint density at radius 3 is 2.05 bits per heavy atom. The zero-order chi connectivity index (χ0) is 15.0. The van der Waals surface area contributed by atoms with Crippen molar-refractivity contribution in [2.45, 2.75) is 32.4 Å². The van der Waals surface area contributed by atoms with Crippen molar-refractivity contribution in [3.8, 4) is 0 Å². The first-order chi connectivity index (χ1) is 9.29. The molecule has 0 saturated heterocycles. The lowest BCUT2D eigenvalue weighted by atomic mass is 9.69. The summed E-state index contributed by atoms with van der Waals surface area (Å²) in [6, 6.07) is 9.49. The zero-order valence-corrected chi connectivity index (χ0v) is 11.4. The maximum absolute atomic E-state index is 11.2. The van der Waals surface area contributed by atoms with Gasteiger partial charge in [-0.2, -0.15) is 0 Å². The largest absolute Gasteiger partial charge is 0.462 e. The van der Waals surface area contributed by atoms with Gasteiger partial charge in [0.25, 0.3) is 0 Å². The van der Waals surface area contributed by atoms with E-state index in [9.17, 15) is 20.2 Å². The molecule has 1 aromatic rings. The van der Waals surface area contributed by atoms with Crippen LogP contribution in [0.2, 0.25) is 0 Å². The van der Waals surface area contributed by atoms with Crippen LogP contribution in [0.15, 0.2) is 36.4 Å². The van der Waals surface area contributed by atoms with E-state index < -0.39 is 20.9 Å². The van der Waals surface area contributed by atoms with Crippen LogP contribution in [-0.4, -0.2) is 15.5 Å². The SMILES string of the molecule is CC1(C)CC([N+](=O)[O-])([N+](=O)[O-])CC=C1c1ccccc1. The molecular formula is C14H16N2O4. The summed E-state index contributed by atoms with van der Waals surface area (Å²) in [4.78, 5) is 20.9. The molecule has 6 nitrogen and oxygen atoms in total. The molecule has 6 heteroatoms. The van der Waals surface area contributed by atoms with E-state index in [4.69, 9.17) is 0 Å². The third kappa shape index (κ3) is 2.17. The van der Waals surface area contributed by atoms with Crippen LogP contribution in [0, 0.1) is 25.6 Å². The van der Waals surface area contributed by atoms with E-state index in [1.807, 2.05) is 44.2 Å². The van der Waals surface area contributed by atoms with Gasteiger partial charge in [0.2, 0.25) is 0 Å². The van der Waals surface area contributed by atoms with Crippen molar-refractivity contribution in [2.75, 3.05) is 0 Å². The summed E-state index contributed by atoms with van der Waals surface area (Å²) >= 11 is 0. The lowest BCUT2D eigenvalue weighted by molar-refractivity contribution is -0.799. The minimum Gasteiger partial charge on any atom is -0.258 e. The van der Waals surface area contributed by atoms with E-state index in [1.54, 1.807) is 6.08 Å². The Bertz CT molecular complexity index is 564. The van der Waals surface area contributed by atoms with Crippen molar-refractivity contribution in [3.05, 3.63) is 62.2 Å². The highest BCUT2D eigenvalue weighted by Crippen LogP contribution is 2.47. The Morgan fingerprint density at radius 1 is 1.05 bits per heavy atom. The second-order valence-corrected chi connectivity index (χ2v) is 5.75. The summed E-state index contributed by atoms with van der Waals surface area (Å²) in [6.07, 6.45) is 1.35. The van der Waals surface area contributed by atoms with Crippen LogP contribution in [-0.2, 0) is 0 Å². The standard InChI is InChI=1S/C14H16N2O4/c1-13(2)10-14(15(17)18,16(19)20)9-8-12(13)11-6-4-3-5-7-11/h3-8H,9-10H2,1-2H3. The van der Waals surface area contributed by atoms with Gasteiger partial charge >= 0.3 is 5.66 Å². The second-order valence-electron chi connectivity index (χ2n) is 5.75. The Kier molecular flexibility index (Phi) is 3.33. The van der Waals surface area contributed by atoms with Crippen molar-refractivity contribution < 1.29 is 9.85 Å². The Balaban J connectivity index is 2.48. The number of allylic oxidation sites excluding steroid dienone is 1. The van der Waals surface area contributed by atoms with Gasteiger partial charge in [0.1, 0.15) is 6.42 Å². The molecule has 1 aliphatic carbocycles. The third-order valence-corrected chi connectivity index (χ3v) is 3.85. The number of hydrogen-bond acceptors (Lipinski definition) is 4. The molecule has 0 spiro atoms. The van der Waals surface area contributed by atoms with Gasteiger partial charge in [-0.3, -0.25) is 20.2 Å². The number of hydrogen-bond donors (Lipinski definition) is 0. The fraction of sp³-hybridized carbons (Fsp3) is 0.429. The molecule has 1 aromatic carbocycles. The molecule has 20 heavy (non-hydrogen) atoms. The molecule has 1 aliphatic rings. The van der Waals surface area contributed by atoms with Gasteiger partial charge in [-0.25, -0.2) is 0 Å². The molecule has 106 valence electrons. The summed E-state index contributed by atoms with van der Waals surface area (Å²) in [5.74, 6) is 0. The van der Waals surface area contributed by atoms with Crippen molar-refractivity contribution in [3.63, 3.8) is 0 Å². The first-order valence-corrected chi connectivity index (χ1v) is 6.35. The van der Waals surface area contributed by atoms with E-state index in [1.165, 1.54) is 0 Å². The minimum atomic E-state index is -2.11. The van der Waals surface area contributed by atoms with Gasteiger partial charge in [0, 0.05) is 5.41 Å². The highest BCUT2D eigenvalue weighted by atomic mass is 16.7. The van der Waals surface area contributed by atoms with Gasteiger partial charge < -0.3 is 0 Å². The Hall–Kier alpha value is -2.24. The van der Waals surface area contributed by atoms with Gasteiger partial charge in [0.15, 0.2) is 0 Å². The minimum absolute atomic E-state index is 0.110. The average Bonchev–Trinajstić information content (AvgIpc) is 2.37. The van der Waals surface area contributed by atoms with E-state index >= 15 is 0 Å².